The molecule has 19 heavy (non-hydrogen) atoms. The molecule has 1 aromatic heterocycles. The number of thioether (sulfide) groups is 1. The van der Waals surface area contributed by atoms with Crippen LogP contribution in [0.3, 0.4) is 0 Å². The van der Waals surface area contributed by atoms with Gasteiger partial charge < -0.3 is 4.42 Å². The fraction of sp³-hybridized carbons (Fsp3) is 0.375. The van der Waals surface area contributed by atoms with Crippen LogP contribution in [0.2, 0.25) is 0 Å². The molecular formula is C16H19NOS. The van der Waals surface area contributed by atoms with Gasteiger partial charge >= 0.3 is 0 Å². The predicted octanol–water partition coefficient (Wildman–Crippen LogP) is 4.04. The largest absolute Gasteiger partial charge is 0.468 e. The Kier molecular flexibility index (Phi) is 4.26. The molecule has 0 amide bonds. The second kappa shape index (κ2) is 6.31. The normalized spacial score (nSPS) is 15.0. The Bertz CT molecular complexity index is 479. The molecule has 0 aliphatic heterocycles. The van der Waals surface area contributed by atoms with Crippen LogP contribution >= 0.6 is 11.8 Å². The first kappa shape index (κ1) is 12.8. The SMILES string of the molecule is c1ccc(SCCN(Cc2ccco2)C2CC2)cc1. The van der Waals surface area contributed by atoms with E-state index in [-0.39, 0.29) is 0 Å². The highest BCUT2D eigenvalue weighted by Gasteiger charge is 2.29. The fourth-order valence-corrected chi connectivity index (χ4v) is 3.14. The fourth-order valence-electron chi connectivity index (χ4n) is 2.23. The molecule has 1 aromatic carbocycles. The van der Waals surface area contributed by atoms with E-state index >= 15 is 0 Å². The first-order valence-electron chi connectivity index (χ1n) is 6.86. The van der Waals surface area contributed by atoms with Gasteiger partial charge in [-0.05, 0) is 37.1 Å². The van der Waals surface area contributed by atoms with Gasteiger partial charge in [-0.3, -0.25) is 4.90 Å². The van der Waals surface area contributed by atoms with E-state index in [4.69, 9.17) is 4.42 Å². The molecule has 1 heterocycles. The highest BCUT2D eigenvalue weighted by molar-refractivity contribution is 7.99. The maximum absolute atomic E-state index is 5.46. The molecule has 2 nitrogen and oxygen atoms in total. The standard InChI is InChI=1S/C16H19NOS/c1-2-6-16(7-3-1)19-12-10-17(14-8-9-14)13-15-5-4-11-18-15/h1-7,11,14H,8-10,12-13H2. The summed E-state index contributed by atoms with van der Waals surface area (Å²) in [7, 11) is 0. The summed E-state index contributed by atoms with van der Waals surface area (Å²) in [4.78, 5) is 3.91. The predicted molar refractivity (Wildman–Crippen MR) is 79.3 cm³/mol. The van der Waals surface area contributed by atoms with Crippen LogP contribution in [0.15, 0.2) is 58.0 Å². The zero-order valence-corrected chi connectivity index (χ0v) is 11.8. The third-order valence-electron chi connectivity index (χ3n) is 3.39. The summed E-state index contributed by atoms with van der Waals surface area (Å²) >= 11 is 1.93. The molecule has 0 radical (unpaired) electrons. The molecule has 0 unspecified atom stereocenters. The Morgan fingerprint density at radius 2 is 1.95 bits per heavy atom. The molecule has 1 aliphatic carbocycles. The van der Waals surface area contributed by atoms with Crippen molar-refractivity contribution in [3.63, 3.8) is 0 Å². The zero-order chi connectivity index (χ0) is 12.9. The highest BCUT2D eigenvalue weighted by atomic mass is 32.2. The molecular weight excluding hydrogens is 254 g/mol. The van der Waals surface area contributed by atoms with Crippen molar-refractivity contribution in [1.29, 1.82) is 0 Å². The molecule has 3 rings (SSSR count). The van der Waals surface area contributed by atoms with Crippen LogP contribution in [0.5, 0.6) is 0 Å². The Hall–Kier alpha value is -1.19. The van der Waals surface area contributed by atoms with Crippen LogP contribution in [-0.4, -0.2) is 23.2 Å². The summed E-state index contributed by atoms with van der Waals surface area (Å²) in [6.07, 6.45) is 4.45. The van der Waals surface area contributed by atoms with Crippen molar-refractivity contribution in [2.45, 2.75) is 30.3 Å². The van der Waals surface area contributed by atoms with E-state index in [9.17, 15) is 0 Å². The van der Waals surface area contributed by atoms with Gasteiger partial charge in [-0.2, -0.15) is 0 Å². The maximum Gasteiger partial charge on any atom is 0.117 e. The lowest BCUT2D eigenvalue weighted by Crippen LogP contribution is -2.27. The van der Waals surface area contributed by atoms with Crippen molar-refractivity contribution in [3.8, 4) is 0 Å². The van der Waals surface area contributed by atoms with Crippen LogP contribution in [0, 0.1) is 0 Å². The van der Waals surface area contributed by atoms with Gasteiger partial charge in [0, 0.05) is 23.2 Å². The number of benzene rings is 1. The lowest BCUT2D eigenvalue weighted by Gasteiger charge is -2.20. The topological polar surface area (TPSA) is 16.4 Å². The van der Waals surface area contributed by atoms with E-state index in [1.807, 2.05) is 17.8 Å². The van der Waals surface area contributed by atoms with Crippen LogP contribution < -0.4 is 0 Å². The van der Waals surface area contributed by atoms with E-state index in [1.54, 1.807) is 6.26 Å². The number of hydrogen-bond donors (Lipinski definition) is 0. The van der Waals surface area contributed by atoms with E-state index in [0.717, 1.165) is 30.6 Å². The molecule has 1 aliphatic rings. The summed E-state index contributed by atoms with van der Waals surface area (Å²) in [6.45, 7) is 2.08. The molecule has 100 valence electrons. The van der Waals surface area contributed by atoms with Crippen LogP contribution in [-0.2, 0) is 6.54 Å². The summed E-state index contributed by atoms with van der Waals surface area (Å²) in [5, 5.41) is 0. The van der Waals surface area contributed by atoms with E-state index < -0.39 is 0 Å². The van der Waals surface area contributed by atoms with Crippen molar-refractivity contribution in [1.82, 2.24) is 4.90 Å². The van der Waals surface area contributed by atoms with Gasteiger partial charge in [0.2, 0.25) is 0 Å². The van der Waals surface area contributed by atoms with Gasteiger partial charge in [-0.25, -0.2) is 0 Å². The van der Waals surface area contributed by atoms with Crippen molar-refractivity contribution < 1.29 is 4.42 Å². The molecule has 2 aromatic rings. The summed E-state index contributed by atoms with van der Waals surface area (Å²) in [5.41, 5.74) is 0. The molecule has 0 atom stereocenters. The van der Waals surface area contributed by atoms with E-state index in [0.29, 0.717) is 0 Å². The first-order chi connectivity index (χ1) is 9.42. The second-order valence-electron chi connectivity index (χ2n) is 4.94. The maximum atomic E-state index is 5.46. The molecule has 0 bridgehead atoms. The summed E-state index contributed by atoms with van der Waals surface area (Å²) in [6, 6.07) is 15.4. The molecule has 1 saturated carbocycles. The van der Waals surface area contributed by atoms with Crippen molar-refractivity contribution >= 4 is 11.8 Å². The number of nitrogens with zero attached hydrogens (tertiary/aromatic N) is 1. The Morgan fingerprint density at radius 1 is 1.11 bits per heavy atom. The Morgan fingerprint density at radius 3 is 2.63 bits per heavy atom. The smallest absolute Gasteiger partial charge is 0.117 e. The van der Waals surface area contributed by atoms with Gasteiger partial charge in [0.05, 0.1) is 12.8 Å². The molecule has 0 spiro atoms. The van der Waals surface area contributed by atoms with E-state index in [2.05, 4.69) is 41.3 Å². The van der Waals surface area contributed by atoms with Crippen LogP contribution in [0.4, 0.5) is 0 Å². The molecule has 1 fully saturated rings. The van der Waals surface area contributed by atoms with E-state index in [1.165, 1.54) is 17.7 Å². The third-order valence-corrected chi connectivity index (χ3v) is 4.38. The summed E-state index contributed by atoms with van der Waals surface area (Å²) < 4.78 is 5.46. The van der Waals surface area contributed by atoms with Crippen LogP contribution in [0.25, 0.3) is 0 Å². The molecule has 0 N–H and O–H groups in total. The second-order valence-corrected chi connectivity index (χ2v) is 6.11. The van der Waals surface area contributed by atoms with Crippen molar-refractivity contribution in [2.24, 2.45) is 0 Å². The third kappa shape index (κ3) is 3.88. The van der Waals surface area contributed by atoms with Crippen molar-refractivity contribution in [3.05, 3.63) is 54.5 Å². The van der Waals surface area contributed by atoms with Gasteiger partial charge in [0.15, 0.2) is 0 Å². The zero-order valence-electron chi connectivity index (χ0n) is 11.0. The van der Waals surface area contributed by atoms with Crippen molar-refractivity contribution in [2.75, 3.05) is 12.3 Å². The minimum atomic E-state index is 0.779. The van der Waals surface area contributed by atoms with Gasteiger partial charge in [0.25, 0.3) is 0 Å². The molecule has 3 heteroatoms. The van der Waals surface area contributed by atoms with Crippen LogP contribution in [0.1, 0.15) is 18.6 Å². The first-order valence-corrected chi connectivity index (χ1v) is 7.84. The number of furan rings is 1. The number of rotatable bonds is 7. The highest BCUT2D eigenvalue weighted by Crippen LogP contribution is 2.29. The van der Waals surface area contributed by atoms with Gasteiger partial charge in [-0.1, -0.05) is 18.2 Å². The minimum absolute atomic E-state index is 0.779. The lowest BCUT2D eigenvalue weighted by molar-refractivity contribution is 0.248. The van der Waals surface area contributed by atoms with Gasteiger partial charge in [-0.15, -0.1) is 11.8 Å². The number of hydrogen-bond acceptors (Lipinski definition) is 3. The van der Waals surface area contributed by atoms with Gasteiger partial charge in [0.1, 0.15) is 5.76 Å². The average molecular weight is 273 g/mol. The molecule has 0 saturated heterocycles. The lowest BCUT2D eigenvalue weighted by atomic mass is 10.4. The average Bonchev–Trinajstić information content (AvgIpc) is 3.17. The quantitative estimate of drug-likeness (QED) is 0.708. The monoisotopic (exact) mass is 273 g/mol. The Balaban J connectivity index is 1.48. The Labute approximate surface area is 118 Å². The minimum Gasteiger partial charge on any atom is -0.468 e. The summed E-state index contributed by atoms with van der Waals surface area (Å²) in [5.74, 6) is 2.22.